The van der Waals surface area contributed by atoms with Gasteiger partial charge in [-0.05, 0) is 44.9 Å². The first-order chi connectivity index (χ1) is 10.2. The number of nitrogens with zero attached hydrogens (tertiary/aromatic N) is 3. The van der Waals surface area contributed by atoms with E-state index in [1.165, 1.54) is 11.9 Å². The van der Waals surface area contributed by atoms with Gasteiger partial charge in [0, 0.05) is 25.6 Å². The van der Waals surface area contributed by atoms with E-state index in [0.717, 1.165) is 43.8 Å². The summed E-state index contributed by atoms with van der Waals surface area (Å²) in [6.45, 7) is 5.24. The molecule has 4 rings (SSSR count). The lowest BCUT2D eigenvalue weighted by Crippen LogP contribution is -2.43. The minimum Gasteiger partial charge on any atom is -0.388 e. The van der Waals surface area contributed by atoms with E-state index < -0.39 is 5.60 Å². The van der Waals surface area contributed by atoms with Gasteiger partial charge in [-0.25, -0.2) is 4.98 Å². The number of rotatable bonds is 3. The van der Waals surface area contributed by atoms with Crippen molar-refractivity contribution in [2.75, 3.05) is 13.1 Å². The third-order valence-corrected chi connectivity index (χ3v) is 5.33. The fourth-order valence-corrected chi connectivity index (χ4v) is 4.30. The summed E-state index contributed by atoms with van der Waals surface area (Å²) in [5.41, 5.74) is 1.63. The molecule has 2 aromatic rings. The lowest BCUT2D eigenvalue weighted by atomic mass is 9.89. The van der Waals surface area contributed by atoms with Crippen molar-refractivity contribution >= 4 is 11.0 Å². The average Bonchev–Trinajstić information content (AvgIpc) is 3.15. The van der Waals surface area contributed by atoms with Crippen LogP contribution in [-0.2, 0) is 13.0 Å². The van der Waals surface area contributed by atoms with Crippen LogP contribution in [0.15, 0.2) is 24.3 Å². The molecule has 3 heterocycles. The van der Waals surface area contributed by atoms with Crippen molar-refractivity contribution in [2.45, 2.75) is 50.8 Å². The first-order valence-electron chi connectivity index (χ1n) is 8.12. The number of imidazole rings is 1. The summed E-state index contributed by atoms with van der Waals surface area (Å²) in [6.07, 6.45) is 3.90. The Kier molecular flexibility index (Phi) is 3.05. The lowest BCUT2D eigenvalue weighted by molar-refractivity contribution is 0.0118. The number of aryl methyl sites for hydroxylation is 1. The van der Waals surface area contributed by atoms with Crippen LogP contribution in [0.4, 0.5) is 0 Å². The number of para-hydroxylation sites is 2. The van der Waals surface area contributed by atoms with E-state index >= 15 is 0 Å². The fraction of sp³-hybridized carbons (Fsp3) is 0.588. The van der Waals surface area contributed by atoms with Crippen LogP contribution in [0.5, 0.6) is 0 Å². The van der Waals surface area contributed by atoms with E-state index in [4.69, 9.17) is 4.98 Å². The highest BCUT2D eigenvalue weighted by Gasteiger charge is 2.48. The summed E-state index contributed by atoms with van der Waals surface area (Å²) in [4.78, 5) is 7.25. The SMILES string of the molecule is CCn1c(CC2(O)CCN3CCCC32)nc2ccccc21. The van der Waals surface area contributed by atoms with Crippen molar-refractivity contribution in [3.05, 3.63) is 30.1 Å². The van der Waals surface area contributed by atoms with E-state index in [9.17, 15) is 5.11 Å². The summed E-state index contributed by atoms with van der Waals surface area (Å²) in [6, 6.07) is 8.61. The number of benzene rings is 1. The maximum Gasteiger partial charge on any atom is 0.112 e. The van der Waals surface area contributed by atoms with Crippen LogP contribution in [0.3, 0.4) is 0 Å². The highest BCUT2D eigenvalue weighted by molar-refractivity contribution is 5.75. The maximum atomic E-state index is 11.2. The quantitative estimate of drug-likeness (QED) is 0.940. The Morgan fingerprint density at radius 1 is 1.33 bits per heavy atom. The number of aliphatic hydroxyl groups is 1. The van der Waals surface area contributed by atoms with Gasteiger partial charge in [-0.2, -0.15) is 0 Å². The van der Waals surface area contributed by atoms with Gasteiger partial charge in [-0.1, -0.05) is 12.1 Å². The maximum absolute atomic E-state index is 11.2. The Balaban J connectivity index is 1.71. The van der Waals surface area contributed by atoms with Gasteiger partial charge in [0.05, 0.1) is 16.6 Å². The summed E-state index contributed by atoms with van der Waals surface area (Å²) in [5, 5.41) is 11.2. The molecule has 1 N–H and O–H groups in total. The Hall–Kier alpha value is -1.39. The number of aromatic nitrogens is 2. The van der Waals surface area contributed by atoms with E-state index in [-0.39, 0.29) is 0 Å². The molecule has 2 unspecified atom stereocenters. The Bertz CT molecular complexity index is 665. The molecule has 2 aliphatic heterocycles. The van der Waals surface area contributed by atoms with Crippen molar-refractivity contribution in [2.24, 2.45) is 0 Å². The molecule has 2 fully saturated rings. The van der Waals surface area contributed by atoms with Crippen molar-refractivity contribution in [3.8, 4) is 0 Å². The molecule has 0 aliphatic carbocycles. The topological polar surface area (TPSA) is 41.3 Å². The zero-order chi connectivity index (χ0) is 14.4. The molecule has 2 atom stereocenters. The van der Waals surface area contributed by atoms with Gasteiger partial charge in [0.15, 0.2) is 0 Å². The molecule has 4 nitrogen and oxygen atoms in total. The van der Waals surface area contributed by atoms with Crippen LogP contribution in [0, 0.1) is 0 Å². The van der Waals surface area contributed by atoms with Crippen molar-refractivity contribution in [1.82, 2.24) is 14.5 Å². The second kappa shape index (κ2) is 4.82. The largest absolute Gasteiger partial charge is 0.388 e. The molecule has 0 spiro atoms. The van der Waals surface area contributed by atoms with E-state index in [2.05, 4.69) is 34.6 Å². The molecule has 0 saturated carbocycles. The molecule has 1 aromatic heterocycles. The summed E-state index contributed by atoms with van der Waals surface area (Å²) < 4.78 is 2.25. The van der Waals surface area contributed by atoms with Crippen molar-refractivity contribution < 1.29 is 5.11 Å². The zero-order valence-electron chi connectivity index (χ0n) is 12.6. The highest BCUT2D eigenvalue weighted by atomic mass is 16.3. The molecule has 4 heteroatoms. The standard InChI is InChI=1S/C17H23N3O/c1-2-20-14-7-4-3-6-13(14)18-16(20)12-17(21)9-11-19-10-5-8-15(17)19/h3-4,6-7,15,21H,2,5,8-12H2,1H3. The van der Waals surface area contributed by atoms with Crippen LogP contribution in [0.1, 0.15) is 32.0 Å². The molecular formula is C17H23N3O. The summed E-state index contributed by atoms with van der Waals surface area (Å²) in [5.74, 6) is 1.04. The normalized spacial score (nSPS) is 29.3. The first-order valence-corrected chi connectivity index (χ1v) is 8.12. The van der Waals surface area contributed by atoms with E-state index in [0.29, 0.717) is 12.5 Å². The van der Waals surface area contributed by atoms with E-state index in [1.807, 2.05) is 6.07 Å². The van der Waals surface area contributed by atoms with Crippen molar-refractivity contribution in [3.63, 3.8) is 0 Å². The Labute approximate surface area is 125 Å². The van der Waals surface area contributed by atoms with E-state index in [1.54, 1.807) is 0 Å². The predicted molar refractivity (Wildman–Crippen MR) is 83.3 cm³/mol. The van der Waals surface area contributed by atoms with Gasteiger partial charge < -0.3 is 9.67 Å². The molecule has 2 saturated heterocycles. The molecule has 2 aliphatic rings. The van der Waals surface area contributed by atoms with Gasteiger partial charge in [0.1, 0.15) is 5.82 Å². The van der Waals surface area contributed by atoms with Crippen LogP contribution < -0.4 is 0 Å². The zero-order valence-corrected chi connectivity index (χ0v) is 12.6. The van der Waals surface area contributed by atoms with Gasteiger partial charge >= 0.3 is 0 Å². The highest BCUT2D eigenvalue weighted by Crippen LogP contribution is 2.38. The summed E-state index contributed by atoms with van der Waals surface area (Å²) in [7, 11) is 0. The van der Waals surface area contributed by atoms with Gasteiger partial charge in [0.2, 0.25) is 0 Å². The monoisotopic (exact) mass is 285 g/mol. The van der Waals surface area contributed by atoms with Gasteiger partial charge in [-0.3, -0.25) is 4.90 Å². The minimum atomic E-state index is -0.592. The lowest BCUT2D eigenvalue weighted by Gasteiger charge is -2.29. The first kappa shape index (κ1) is 13.3. The van der Waals surface area contributed by atoms with Crippen LogP contribution >= 0.6 is 0 Å². The molecule has 0 amide bonds. The molecule has 0 bridgehead atoms. The van der Waals surface area contributed by atoms with Crippen molar-refractivity contribution in [1.29, 1.82) is 0 Å². The second-order valence-corrected chi connectivity index (χ2v) is 6.49. The Morgan fingerprint density at radius 3 is 3.05 bits per heavy atom. The third-order valence-electron chi connectivity index (χ3n) is 5.33. The predicted octanol–water partition coefficient (Wildman–Crippen LogP) is 2.20. The van der Waals surface area contributed by atoms with Crippen LogP contribution in [-0.4, -0.2) is 44.3 Å². The minimum absolute atomic E-state index is 0.336. The summed E-state index contributed by atoms with van der Waals surface area (Å²) >= 11 is 0. The average molecular weight is 285 g/mol. The molecule has 21 heavy (non-hydrogen) atoms. The fourth-order valence-electron chi connectivity index (χ4n) is 4.30. The van der Waals surface area contributed by atoms with Gasteiger partial charge in [0.25, 0.3) is 0 Å². The third kappa shape index (κ3) is 2.00. The Morgan fingerprint density at radius 2 is 2.19 bits per heavy atom. The number of fused-ring (bicyclic) bond motifs is 2. The van der Waals surface area contributed by atoms with Crippen LogP contribution in [0.25, 0.3) is 11.0 Å². The molecular weight excluding hydrogens is 262 g/mol. The second-order valence-electron chi connectivity index (χ2n) is 6.49. The number of hydrogen-bond acceptors (Lipinski definition) is 3. The molecule has 0 radical (unpaired) electrons. The number of hydrogen-bond donors (Lipinski definition) is 1. The van der Waals surface area contributed by atoms with Crippen LogP contribution in [0.2, 0.25) is 0 Å². The smallest absolute Gasteiger partial charge is 0.112 e. The molecule has 112 valence electrons. The molecule has 1 aromatic carbocycles. The van der Waals surface area contributed by atoms with Gasteiger partial charge in [-0.15, -0.1) is 0 Å².